The van der Waals surface area contributed by atoms with Crippen molar-refractivity contribution in [2.24, 2.45) is 11.3 Å². The number of hydrogen-bond donors (Lipinski definition) is 1. The monoisotopic (exact) mass is 296 g/mol. The molecule has 2 aliphatic rings. The molecule has 2 aliphatic carbocycles. The van der Waals surface area contributed by atoms with E-state index in [9.17, 15) is 0 Å². The van der Waals surface area contributed by atoms with Crippen LogP contribution < -0.4 is 5.32 Å². The van der Waals surface area contributed by atoms with Gasteiger partial charge in [0.1, 0.15) is 0 Å². The van der Waals surface area contributed by atoms with Crippen LogP contribution >= 0.6 is 0 Å². The van der Waals surface area contributed by atoms with Gasteiger partial charge in [-0.1, -0.05) is 26.7 Å². The first-order chi connectivity index (χ1) is 10.1. The van der Waals surface area contributed by atoms with Gasteiger partial charge in [0.2, 0.25) is 0 Å². The van der Waals surface area contributed by atoms with E-state index in [1.54, 1.807) is 0 Å². The normalized spacial score (nSPS) is 31.6. The molecule has 2 saturated carbocycles. The molecule has 0 saturated heterocycles. The van der Waals surface area contributed by atoms with Crippen LogP contribution in [0.2, 0.25) is 0 Å². The van der Waals surface area contributed by atoms with E-state index in [-0.39, 0.29) is 0 Å². The van der Waals surface area contributed by atoms with Gasteiger partial charge in [0.25, 0.3) is 0 Å². The average Bonchev–Trinajstić information content (AvgIpc) is 3.30. The Morgan fingerprint density at radius 2 is 1.90 bits per heavy atom. The molecule has 124 valence electrons. The molecule has 0 aromatic rings. The Labute approximate surface area is 131 Å². The third-order valence-corrected chi connectivity index (χ3v) is 5.65. The fraction of sp³-hybridized carbons (Fsp3) is 1.00. The smallest absolute Gasteiger partial charge is 0.0615 e. The van der Waals surface area contributed by atoms with E-state index in [2.05, 4.69) is 31.0 Å². The number of hydrogen-bond acceptors (Lipinski definition) is 3. The molecule has 0 aliphatic heterocycles. The van der Waals surface area contributed by atoms with Crippen LogP contribution in [0.1, 0.15) is 59.3 Å². The van der Waals surface area contributed by atoms with Crippen LogP contribution in [0.4, 0.5) is 0 Å². The number of likely N-dealkylation sites (N-methyl/N-ethyl adjacent to an activating group) is 1. The van der Waals surface area contributed by atoms with Crippen LogP contribution in [0, 0.1) is 11.3 Å². The molecule has 2 rings (SSSR count). The SMILES string of the molecule is CCN(CC1(CNC2CC2)CCC(C)CC1)C(C)COC. The highest BCUT2D eigenvalue weighted by molar-refractivity contribution is 4.93. The minimum atomic E-state index is 0.493. The summed E-state index contributed by atoms with van der Waals surface area (Å²) in [6.07, 6.45) is 8.38. The highest BCUT2D eigenvalue weighted by Crippen LogP contribution is 2.40. The second-order valence-electron chi connectivity index (χ2n) is 7.71. The summed E-state index contributed by atoms with van der Waals surface area (Å²) in [6, 6.07) is 1.35. The summed E-state index contributed by atoms with van der Waals surface area (Å²) in [4.78, 5) is 2.63. The van der Waals surface area contributed by atoms with Crippen molar-refractivity contribution < 1.29 is 4.74 Å². The van der Waals surface area contributed by atoms with Gasteiger partial charge in [-0.05, 0) is 50.5 Å². The van der Waals surface area contributed by atoms with Crippen molar-refractivity contribution in [3.05, 3.63) is 0 Å². The lowest BCUT2D eigenvalue weighted by Gasteiger charge is -2.44. The molecular weight excluding hydrogens is 260 g/mol. The number of nitrogens with zero attached hydrogens (tertiary/aromatic N) is 1. The summed E-state index contributed by atoms with van der Waals surface area (Å²) in [5.41, 5.74) is 0.493. The summed E-state index contributed by atoms with van der Waals surface area (Å²) in [6.45, 7) is 11.5. The van der Waals surface area contributed by atoms with E-state index in [0.29, 0.717) is 11.5 Å². The maximum Gasteiger partial charge on any atom is 0.0615 e. The molecule has 1 atom stereocenters. The molecule has 0 amide bonds. The fourth-order valence-corrected chi connectivity index (χ4v) is 3.77. The molecular formula is C18H36N2O. The van der Waals surface area contributed by atoms with Crippen LogP contribution in [0.15, 0.2) is 0 Å². The average molecular weight is 296 g/mol. The lowest BCUT2D eigenvalue weighted by Crippen LogP contribution is -2.49. The molecule has 2 fully saturated rings. The quantitative estimate of drug-likeness (QED) is 0.706. The highest BCUT2D eigenvalue weighted by atomic mass is 16.5. The Balaban J connectivity index is 1.95. The molecule has 21 heavy (non-hydrogen) atoms. The molecule has 0 aromatic carbocycles. The summed E-state index contributed by atoms with van der Waals surface area (Å²) < 4.78 is 5.38. The summed E-state index contributed by atoms with van der Waals surface area (Å²) in [5, 5.41) is 3.82. The third-order valence-electron chi connectivity index (χ3n) is 5.65. The van der Waals surface area contributed by atoms with Crippen molar-refractivity contribution in [2.75, 3.05) is 33.4 Å². The van der Waals surface area contributed by atoms with Crippen LogP contribution in [0.5, 0.6) is 0 Å². The van der Waals surface area contributed by atoms with E-state index in [1.807, 2.05) is 7.11 Å². The van der Waals surface area contributed by atoms with Gasteiger partial charge in [0.15, 0.2) is 0 Å². The van der Waals surface area contributed by atoms with E-state index in [4.69, 9.17) is 4.74 Å². The molecule has 3 heteroatoms. The van der Waals surface area contributed by atoms with E-state index in [0.717, 1.165) is 25.1 Å². The van der Waals surface area contributed by atoms with Crippen LogP contribution in [-0.4, -0.2) is 50.3 Å². The first kappa shape index (κ1) is 17.2. The Morgan fingerprint density at radius 3 is 2.43 bits per heavy atom. The van der Waals surface area contributed by atoms with Gasteiger partial charge in [0.05, 0.1) is 6.61 Å². The zero-order valence-corrected chi connectivity index (χ0v) is 14.7. The molecule has 0 aromatic heterocycles. The van der Waals surface area contributed by atoms with Crippen LogP contribution in [0.3, 0.4) is 0 Å². The van der Waals surface area contributed by atoms with Gasteiger partial charge in [-0.2, -0.15) is 0 Å². The van der Waals surface area contributed by atoms with Crippen molar-refractivity contribution in [3.8, 4) is 0 Å². The van der Waals surface area contributed by atoms with E-state index >= 15 is 0 Å². The second-order valence-corrected chi connectivity index (χ2v) is 7.71. The van der Waals surface area contributed by atoms with Gasteiger partial charge < -0.3 is 10.1 Å². The molecule has 0 heterocycles. The van der Waals surface area contributed by atoms with Crippen LogP contribution in [0.25, 0.3) is 0 Å². The highest BCUT2D eigenvalue weighted by Gasteiger charge is 2.37. The Morgan fingerprint density at radius 1 is 1.24 bits per heavy atom. The number of ether oxygens (including phenoxy) is 1. The molecule has 0 bridgehead atoms. The zero-order valence-electron chi connectivity index (χ0n) is 14.7. The minimum absolute atomic E-state index is 0.493. The van der Waals surface area contributed by atoms with Crippen molar-refractivity contribution in [1.82, 2.24) is 10.2 Å². The summed E-state index contributed by atoms with van der Waals surface area (Å²) in [7, 11) is 1.82. The first-order valence-electron chi connectivity index (χ1n) is 9.05. The molecule has 1 unspecified atom stereocenters. The maximum atomic E-state index is 5.38. The molecule has 0 spiro atoms. The predicted molar refractivity (Wildman–Crippen MR) is 89.7 cm³/mol. The maximum absolute atomic E-state index is 5.38. The van der Waals surface area contributed by atoms with Gasteiger partial charge in [-0.3, -0.25) is 4.90 Å². The molecule has 3 nitrogen and oxygen atoms in total. The third kappa shape index (κ3) is 5.22. The number of nitrogens with one attached hydrogen (secondary N) is 1. The van der Waals surface area contributed by atoms with Crippen molar-refractivity contribution in [3.63, 3.8) is 0 Å². The first-order valence-corrected chi connectivity index (χ1v) is 9.05. The van der Waals surface area contributed by atoms with E-state index in [1.165, 1.54) is 51.6 Å². The van der Waals surface area contributed by atoms with E-state index < -0.39 is 0 Å². The zero-order chi connectivity index (χ0) is 15.3. The largest absolute Gasteiger partial charge is 0.383 e. The summed E-state index contributed by atoms with van der Waals surface area (Å²) in [5.74, 6) is 0.922. The van der Waals surface area contributed by atoms with Gasteiger partial charge in [-0.15, -0.1) is 0 Å². The van der Waals surface area contributed by atoms with Crippen molar-refractivity contribution in [1.29, 1.82) is 0 Å². The summed E-state index contributed by atoms with van der Waals surface area (Å²) >= 11 is 0. The Hall–Kier alpha value is -0.120. The van der Waals surface area contributed by atoms with Crippen LogP contribution in [-0.2, 0) is 4.74 Å². The lowest BCUT2D eigenvalue weighted by molar-refractivity contribution is 0.0410. The Bertz CT molecular complexity index is 296. The topological polar surface area (TPSA) is 24.5 Å². The number of methoxy groups -OCH3 is 1. The standard InChI is InChI=1S/C18H36N2O/c1-5-20(16(3)12-21-4)14-18(13-19-17-6-7-17)10-8-15(2)9-11-18/h15-17,19H,5-14H2,1-4H3. The van der Waals surface area contributed by atoms with Crippen molar-refractivity contribution >= 4 is 0 Å². The Kier molecular flexibility index (Phi) is 6.51. The van der Waals surface area contributed by atoms with Crippen molar-refractivity contribution in [2.45, 2.75) is 71.4 Å². The predicted octanol–water partition coefficient (Wildman–Crippen LogP) is 3.29. The minimum Gasteiger partial charge on any atom is -0.383 e. The van der Waals surface area contributed by atoms with Gasteiger partial charge in [0, 0.05) is 32.3 Å². The van der Waals surface area contributed by atoms with Gasteiger partial charge in [-0.25, -0.2) is 0 Å². The molecule has 0 radical (unpaired) electrons. The fourth-order valence-electron chi connectivity index (χ4n) is 3.77. The second kappa shape index (κ2) is 7.94. The number of rotatable bonds is 9. The molecule has 1 N–H and O–H groups in total. The lowest BCUT2D eigenvalue weighted by atomic mass is 9.70. The van der Waals surface area contributed by atoms with Gasteiger partial charge >= 0.3 is 0 Å².